The van der Waals surface area contributed by atoms with Gasteiger partial charge >= 0.3 is 0 Å². The third-order valence-electron chi connectivity index (χ3n) is 2.13. The fraction of sp³-hybridized carbons (Fsp3) is 0.100. The minimum atomic E-state index is -0.440. The fourth-order valence-electron chi connectivity index (χ4n) is 1.30. The number of hydrogen-bond acceptors (Lipinski definition) is 3. The molecule has 0 saturated heterocycles. The molecule has 2 rings (SSSR count). The van der Waals surface area contributed by atoms with E-state index in [2.05, 4.69) is 10.1 Å². The van der Waals surface area contributed by atoms with Gasteiger partial charge in [-0.2, -0.15) is 0 Å². The van der Waals surface area contributed by atoms with E-state index in [1.165, 1.54) is 24.0 Å². The molecule has 0 radical (unpaired) electrons. The Kier molecular flexibility index (Phi) is 2.62. The SMILES string of the molecule is Cn1[nH]cc(C(=O)c2cccc(Cl)n2)c1=O. The minimum absolute atomic E-state index is 0.0530. The predicted molar refractivity (Wildman–Crippen MR) is 58.7 cm³/mol. The summed E-state index contributed by atoms with van der Waals surface area (Å²) in [6, 6.07) is 4.69. The third-order valence-corrected chi connectivity index (χ3v) is 2.34. The third kappa shape index (κ3) is 1.77. The number of nitrogens with one attached hydrogen (secondary N) is 1. The van der Waals surface area contributed by atoms with Gasteiger partial charge in [-0.1, -0.05) is 17.7 Å². The molecule has 0 fully saturated rings. The number of carbonyl (C=O) groups is 1. The molecule has 0 atom stereocenters. The average Bonchev–Trinajstić information content (AvgIpc) is 2.59. The van der Waals surface area contributed by atoms with Crippen molar-refractivity contribution in [2.24, 2.45) is 7.05 Å². The lowest BCUT2D eigenvalue weighted by molar-refractivity contribution is 0.103. The van der Waals surface area contributed by atoms with Crippen LogP contribution >= 0.6 is 11.6 Å². The molecule has 0 aromatic carbocycles. The van der Waals surface area contributed by atoms with E-state index in [4.69, 9.17) is 11.6 Å². The molecule has 16 heavy (non-hydrogen) atoms. The van der Waals surface area contributed by atoms with Gasteiger partial charge in [0, 0.05) is 13.2 Å². The minimum Gasteiger partial charge on any atom is -0.302 e. The first-order valence-corrected chi connectivity index (χ1v) is 4.89. The largest absolute Gasteiger partial charge is 0.302 e. The molecule has 0 amide bonds. The molecule has 2 aromatic heterocycles. The number of carbonyl (C=O) groups excluding carboxylic acids is 1. The summed E-state index contributed by atoms with van der Waals surface area (Å²) >= 11 is 5.67. The molecule has 2 heterocycles. The van der Waals surface area contributed by atoms with Gasteiger partial charge in [-0.15, -0.1) is 0 Å². The zero-order valence-corrected chi connectivity index (χ0v) is 9.15. The van der Waals surface area contributed by atoms with Crippen molar-refractivity contribution in [3.05, 3.63) is 51.2 Å². The second-order valence-corrected chi connectivity index (χ2v) is 3.61. The molecular formula is C10H8ClN3O2. The Labute approximate surface area is 95.7 Å². The Bertz CT molecular complexity index is 600. The van der Waals surface area contributed by atoms with Crippen LogP contribution in [0.4, 0.5) is 0 Å². The van der Waals surface area contributed by atoms with E-state index in [9.17, 15) is 9.59 Å². The molecule has 0 bridgehead atoms. The highest BCUT2D eigenvalue weighted by Crippen LogP contribution is 2.08. The van der Waals surface area contributed by atoms with Gasteiger partial charge in [0.15, 0.2) is 0 Å². The van der Waals surface area contributed by atoms with Crippen molar-refractivity contribution >= 4 is 17.4 Å². The number of nitrogens with zero attached hydrogens (tertiary/aromatic N) is 2. The highest BCUT2D eigenvalue weighted by molar-refractivity contribution is 6.29. The van der Waals surface area contributed by atoms with Gasteiger partial charge in [0.05, 0.1) is 0 Å². The molecule has 0 aliphatic rings. The monoisotopic (exact) mass is 237 g/mol. The highest BCUT2D eigenvalue weighted by atomic mass is 35.5. The molecular weight excluding hydrogens is 230 g/mol. The molecule has 2 aromatic rings. The summed E-state index contributed by atoms with van der Waals surface area (Å²) in [6.45, 7) is 0. The lowest BCUT2D eigenvalue weighted by atomic mass is 10.1. The van der Waals surface area contributed by atoms with Gasteiger partial charge in [0.2, 0.25) is 5.78 Å². The number of aromatic amines is 1. The lowest BCUT2D eigenvalue weighted by Crippen LogP contribution is -2.19. The van der Waals surface area contributed by atoms with Crippen LogP contribution in [0, 0.1) is 0 Å². The maximum atomic E-state index is 11.9. The topological polar surface area (TPSA) is 67.8 Å². The molecule has 0 aliphatic heterocycles. The molecule has 0 unspecified atom stereocenters. The Morgan fingerprint density at radius 3 is 2.81 bits per heavy atom. The predicted octanol–water partition coefficient (Wildman–Crippen LogP) is 0.993. The number of rotatable bonds is 2. The van der Waals surface area contributed by atoms with Crippen LogP contribution in [0.15, 0.2) is 29.2 Å². The summed E-state index contributed by atoms with van der Waals surface area (Å²) in [7, 11) is 1.53. The number of hydrogen-bond donors (Lipinski definition) is 1. The van der Waals surface area contributed by atoms with Crippen LogP contribution in [0.2, 0.25) is 5.15 Å². The van der Waals surface area contributed by atoms with Crippen LogP contribution in [0.1, 0.15) is 16.1 Å². The van der Waals surface area contributed by atoms with E-state index < -0.39 is 5.78 Å². The maximum Gasteiger partial charge on any atom is 0.277 e. The molecule has 82 valence electrons. The van der Waals surface area contributed by atoms with Gasteiger partial charge in [-0.05, 0) is 12.1 Å². The second kappa shape index (κ2) is 3.94. The van der Waals surface area contributed by atoms with E-state index in [1.807, 2.05) is 0 Å². The Balaban J connectivity index is 2.47. The molecule has 6 heteroatoms. The molecule has 0 spiro atoms. The number of halogens is 1. The van der Waals surface area contributed by atoms with Crippen molar-refractivity contribution in [2.75, 3.05) is 0 Å². The molecule has 0 aliphatic carbocycles. The van der Waals surface area contributed by atoms with Crippen LogP contribution in [0.25, 0.3) is 0 Å². The first kappa shape index (κ1) is 10.6. The summed E-state index contributed by atoms with van der Waals surface area (Å²) in [6.07, 6.45) is 1.35. The van der Waals surface area contributed by atoms with Crippen molar-refractivity contribution in [2.45, 2.75) is 0 Å². The van der Waals surface area contributed by atoms with Crippen molar-refractivity contribution < 1.29 is 4.79 Å². The number of ketones is 1. The van der Waals surface area contributed by atoms with Gasteiger partial charge in [-0.25, -0.2) is 4.98 Å². The Morgan fingerprint density at radius 2 is 2.25 bits per heavy atom. The summed E-state index contributed by atoms with van der Waals surface area (Å²) in [5.41, 5.74) is -0.173. The van der Waals surface area contributed by atoms with Gasteiger partial charge in [0.1, 0.15) is 16.4 Å². The molecule has 5 nitrogen and oxygen atoms in total. The molecule has 0 saturated carbocycles. The zero-order valence-electron chi connectivity index (χ0n) is 8.40. The van der Waals surface area contributed by atoms with E-state index in [0.29, 0.717) is 0 Å². The first-order chi connectivity index (χ1) is 7.59. The van der Waals surface area contributed by atoms with Crippen LogP contribution in [-0.4, -0.2) is 20.5 Å². The number of aryl methyl sites for hydroxylation is 1. The Hall–Kier alpha value is -1.88. The highest BCUT2D eigenvalue weighted by Gasteiger charge is 2.16. The summed E-state index contributed by atoms with van der Waals surface area (Å²) in [4.78, 5) is 27.3. The molecule has 1 N–H and O–H groups in total. The zero-order chi connectivity index (χ0) is 11.7. The van der Waals surface area contributed by atoms with Gasteiger partial charge in [-0.3, -0.25) is 14.3 Å². The van der Waals surface area contributed by atoms with Crippen molar-refractivity contribution in [1.29, 1.82) is 0 Å². The van der Waals surface area contributed by atoms with E-state index >= 15 is 0 Å². The van der Waals surface area contributed by atoms with Gasteiger partial charge in [0.25, 0.3) is 5.56 Å². The van der Waals surface area contributed by atoms with Crippen molar-refractivity contribution in [1.82, 2.24) is 14.8 Å². The standard InChI is InChI=1S/C10H8ClN3O2/c1-14-10(16)6(5-12-14)9(15)7-3-2-4-8(11)13-7/h2-5,12H,1H3. The smallest absolute Gasteiger partial charge is 0.277 e. The van der Waals surface area contributed by atoms with Crippen LogP contribution in [0.3, 0.4) is 0 Å². The van der Waals surface area contributed by atoms with E-state index in [-0.39, 0.29) is 22.0 Å². The van der Waals surface area contributed by atoms with Gasteiger partial charge < -0.3 is 5.10 Å². The normalized spacial score (nSPS) is 10.4. The lowest BCUT2D eigenvalue weighted by Gasteiger charge is -1.96. The second-order valence-electron chi connectivity index (χ2n) is 3.23. The summed E-state index contributed by atoms with van der Waals surface area (Å²) < 4.78 is 1.22. The average molecular weight is 238 g/mol. The fourth-order valence-corrected chi connectivity index (χ4v) is 1.46. The van der Waals surface area contributed by atoms with E-state index in [0.717, 1.165) is 0 Å². The number of aromatic nitrogens is 3. The van der Waals surface area contributed by atoms with E-state index in [1.54, 1.807) is 12.1 Å². The first-order valence-electron chi connectivity index (χ1n) is 4.51. The van der Waals surface area contributed by atoms with Crippen LogP contribution in [0.5, 0.6) is 0 Å². The van der Waals surface area contributed by atoms with Crippen LogP contribution in [-0.2, 0) is 7.05 Å². The maximum absolute atomic E-state index is 11.9. The quantitative estimate of drug-likeness (QED) is 0.626. The summed E-state index contributed by atoms with van der Waals surface area (Å²) in [5.74, 6) is -0.440. The van der Waals surface area contributed by atoms with Crippen molar-refractivity contribution in [3.63, 3.8) is 0 Å². The summed E-state index contributed by atoms with van der Waals surface area (Å²) in [5, 5.41) is 2.85. The number of pyridine rings is 1. The van der Waals surface area contributed by atoms with Crippen molar-refractivity contribution in [3.8, 4) is 0 Å². The van der Waals surface area contributed by atoms with Crippen LogP contribution < -0.4 is 5.56 Å². The number of H-pyrrole nitrogens is 1. The Morgan fingerprint density at radius 1 is 1.50 bits per heavy atom.